The molecule has 1 saturated carbocycles. The van der Waals surface area contributed by atoms with E-state index in [0.717, 1.165) is 23.4 Å². The first-order valence-electron chi connectivity index (χ1n) is 9.72. The second-order valence-corrected chi connectivity index (χ2v) is 10.0. The van der Waals surface area contributed by atoms with E-state index in [1.165, 1.54) is 44.1 Å². The van der Waals surface area contributed by atoms with Crippen LogP contribution in [0.5, 0.6) is 0 Å². The Morgan fingerprint density at radius 2 is 1.74 bits per heavy atom. The highest BCUT2D eigenvalue weighted by Crippen LogP contribution is 2.29. The molecule has 6 nitrogen and oxygen atoms in total. The molecule has 0 unspecified atom stereocenters. The van der Waals surface area contributed by atoms with Crippen molar-refractivity contribution in [2.45, 2.75) is 57.0 Å². The van der Waals surface area contributed by atoms with Gasteiger partial charge in [0.25, 0.3) is 0 Å². The molecule has 0 aliphatic heterocycles. The number of hydrogen-bond acceptors (Lipinski definition) is 3. The van der Waals surface area contributed by atoms with Crippen LogP contribution in [0.2, 0.25) is 0 Å². The molecule has 0 amide bonds. The van der Waals surface area contributed by atoms with Gasteiger partial charge in [-0.3, -0.25) is 4.99 Å². The number of hydrogen-bond donors (Lipinski definition) is 2. The lowest BCUT2D eigenvalue weighted by Gasteiger charge is -2.32. The Hall–Kier alpha value is -1.60. The average molecular weight is 395 g/mol. The highest BCUT2D eigenvalue weighted by atomic mass is 32.2. The molecule has 0 spiro atoms. The summed E-state index contributed by atoms with van der Waals surface area (Å²) in [5.41, 5.74) is 1.01. The van der Waals surface area contributed by atoms with E-state index < -0.39 is 10.0 Å². The monoisotopic (exact) mass is 394 g/mol. The summed E-state index contributed by atoms with van der Waals surface area (Å²) < 4.78 is 25.5. The van der Waals surface area contributed by atoms with Gasteiger partial charge in [-0.15, -0.1) is 0 Å². The number of benzene rings is 1. The summed E-state index contributed by atoms with van der Waals surface area (Å²) in [7, 11) is 1.47. The molecule has 1 aliphatic carbocycles. The number of rotatable bonds is 6. The summed E-state index contributed by atoms with van der Waals surface area (Å²) in [6, 6.07) is 7.44. The predicted molar refractivity (Wildman–Crippen MR) is 111 cm³/mol. The Kier molecular flexibility index (Phi) is 7.68. The van der Waals surface area contributed by atoms with Crippen LogP contribution in [0.1, 0.15) is 45.1 Å². The molecular weight excluding hydrogens is 360 g/mol. The van der Waals surface area contributed by atoms with Crippen LogP contribution in [0, 0.1) is 11.8 Å². The van der Waals surface area contributed by atoms with Gasteiger partial charge in [0, 0.05) is 33.7 Å². The van der Waals surface area contributed by atoms with E-state index in [0.29, 0.717) is 17.5 Å². The second kappa shape index (κ2) is 9.55. The molecule has 1 aliphatic rings. The summed E-state index contributed by atoms with van der Waals surface area (Å²) in [6.45, 7) is 5.23. The predicted octanol–water partition coefficient (Wildman–Crippen LogP) is 2.82. The van der Waals surface area contributed by atoms with Crippen molar-refractivity contribution in [3.63, 3.8) is 0 Å². The van der Waals surface area contributed by atoms with E-state index in [2.05, 4.69) is 29.5 Å². The smallest absolute Gasteiger partial charge is 0.242 e. The third-order valence-corrected chi connectivity index (χ3v) is 7.27. The largest absolute Gasteiger partial charge is 0.354 e. The minimum Gasteiger partial charge on any atom is -0.354 e. The lowest BCUT2D eigenvalue weighted by molar-refractivity contribution is 0.250. The molecule has 27 heavy (non-hydrogen) atoms. The molecule has 1 fully saturated rings. The standard InChI is InChI=1S/C20H34N4O2S/c1-15(2)17-8-10-18(11-9-17)23-20(21-3)22-14-16-6-12-19(13-7-16)27(25,26)24(4)5/h6-7,12-13,15,17-18H,8-11,14H2,1-5H3,(H2,21,22,23). The van der Waals surface area contributed by atoms with Crippen LogP contribution < -0.4 is 10.6 Å². The molecule has 0 aromatic heterocycles. The van der Waals surface area contributed by atoms with Gasteiger partial charge in [0.05, 0.1) is 4.90 Å². The maximum Gasteiger partial charge on any atom is 0.242 e. The molecule has 1 aromatic rings. The van der Waals surface area contributed by atoms with Crippen molar-refractivity contribution in [3.05, 3.63) is 29.8 Å². The Labute approximate surface area is 164 Å². The zero-order chi connectivity index (χ0) is 20.0. The van der Waals surface area contributed by atoms with Crippen LogP contribution in [-0.2, 0) is 16.6 Å². The van der Waals surface area contributed by atoms with Crippen molar-refractivity contribution in [3.8, 4) is 0 Å². The summed E-state index contributed by atoms with van der Waals surface area (Å²) >= 11 is 0. The van der Waals surface area contributed by atoms with E-state index in [1.54, 1.807) is 19.2 Å². The van der Waals surface area contributed by atoms with Crippen LogP contribution in [-0.4, -0.2) is 45.9 Å². The Bertz CT molecular complexity index is 719. The summed E-state index contributed by atoms with van der Waals surface area (Å²) in [5.74, 6) is 2.41. The molecule has 1 aromatic carbocycles. The summed E-state index contributed by atoms with van der Waals surface area (Å²) in [4.78, 5) is 4.63. The van der Waals surface area contributed by atoms with Gasteiger partial charge in [0.1, 0.15) is 0 Å². The van der Waals surface area contributed by atoms with E-state index in [1.807, 2.05) is 12.1 Å². The van der Waals surface area contributed by atoms with Crippen molar-refractivity contribution in [2.24, 2.45) is 16.8 Å². The van der Waals surface area contributed by atoms with Crippen LogP contribution in [0.3, 0.4) is 0 Å². The fourth-order valence-electron chi connectivity index (χ4n) is 3.49. The van der Waals surface area contributed by atoms with Crippen molar-refractivity contribution >= 4 is 16.0 Å². The Morgan fingerprint density at radius 1 is 1.15 bits per heavy atom. The Balaban J connectivity index is 1.86. The number of nitrogens with one attached hydrogen (secondary N) is 2. The third kappa shape index (κ3) is 5.94. The van der Waals surface area contributed by atoms with Gasteiger partial charge in [-0.1, -0.05) is 26.0 Å². The first-order valence-corrected chi connectivity index (χ1v) is 11.2. The molecule has 0 radical (unpaired) electrons. The van der Waals surface area contributed by atoms with Gasteiger partial charge in [0.15, 0.2) is 5.96 Å². The van der Waals surface area contributed by atoms with Crippen LogP contribution in [0.4, 0.5) is 0 Å². The van der Waals surface area contributed by atoms with Crippen LogP contribution in [0.15, 0.2) is 34.2 Å². The average Bonchev–Trinajstić information content (AvgIpc) is 2.65. The molecule has 2 rings (SSSR count). The molecular formula is C20H34N4O2S. The van der Waals surface area contributed by atoms with Gasteiger partial charge in [-0.25, -0.2) is 12.7 Å². The number of sulfonamides is 1. The van der Waals surface area contributed by atoms with Gasteiger partial charge in [0.2, 0.25) is 10.0 Å². The molecule has 0 atom stereocenters. The first-order chi connectivity index (χ1) is 12.7. The van der Waals surface area contributed by atoms with Crippen molar-refractivity contribution in [1.82, 2.24) is 14.9 Å². The topological polar surface area (TPSA) is 73.8 Å². The quantitative estimate of drug-likeness (QED) is 0.575. The van der Waals surface area contributed by atoms with Crippen molar-refractivity contribution in [2.75, 3.05) is 21.1 Å². The maximum atomic E-state index is 12.1. The molecule has 2 N–H and O–H groups in total. The highest BCUT2D eigenvalue weighted by molar-refractivity contribution is 7.89. The molecule has 0 heterocycles. The SMILES string of the molecule is CN=C(NCc1ccc(S(=O)(=O)N(C)C)cc1)NC1CCC(C(C)C)CC1. The van der Waals surface area contributed by atoms with Gasteiger partial charge >= 0.3 is 0 Å². The van der Waals surface area contributed by atoms with E-state index in [4.69, 9.17) is 0 Å². The number of nitrogens with zero attached hydrogens (tertiary/aromatic N) is 2. The van der Waals surface area contributed by atoms with Gasteiger partial charge in [-0.2, -0.15) is 0 Å². The fraction of sp³-hybridized carbons (Fsp3) is 0.650. The number of aliphatic imine (C=N–C) groups is 1. The van der Waals surface area contributed by atoms with Gasteiger partial charge < -0.3 is 10.6 Å². The minimum absolute atomic E-state index is 0.306. The van der Waals surface area contributed by atoms with E-state index in [9.17, 15) is 8.42 Å². The minimum atomic E-state index is -3.38. The molecule has 152 valence electrons. The zero-order valence-corrected chi connectivity index (χ0v) is 18.0. The van der Waals surface area contributed by atoms with Crippen LogP contribution >= 0.6 is 0 Å². The fourth-order valence-corrected chi connectivity index (χ4v) is 4.40. The van der Waals surface area contributed by atoms with E-state index >= 15 is 0 Å². The molecule has 0 saturated heterocycles. The lowest BCUT2D eigenvalue weighted by Crippen LogP contribution is -2.44. The van der Waals surface area contributed by atoms with Crippen LogP contribution in [0.25, 0.3) is 0 Å². The Morgan fingerprint density at radius 3 is 2.22 bits per heavy atom. The van der Waals surface area contributed by atoms with Gasteiger partial charge in [-0.05, 0) is 55.2 Å². The van der Waals surface area contributed by atoms with Crippen molar-refractivity contribution in [1.29, 1.82) is 0 Å². The summed E-state index contributed by atoms with van der Waals surface area (Å²) in [5, 5.41) is 6.85. The zero-order valence-electron chi connectivity index (χ0n) is 17.2. The highest BCUT2D eigenvalue weighted by Gasteiger charge is 2.23. The normalized spacial score (nSPS) is 21.5. The number of guanidine groups is 1. The maximum absolute atomic E-state index is 12.1. The summed E-state index contributed by atoms with van der Waals surface area (Å²) in [6.07, 6.45) is 4.91. The van der Waals surface area contributed by atoms with E-state index in [-0.39, 0.29) is 0 Å². The molecule has 7 heteroatoms. The lowest BCUT2D eigenvalue weighted by atomic mass is 9.80. The molecule has 0 bridgehead atoms. The second-order valence-electron chi connectivity index (χ2n) is 7.86. The van der Waals surface area contributed by atoms with Crippen molar-refractivity contribution < 1.29 is 8.42 Å². The first kappa shape index (κ1) is 21.7. The third-order valence-electron chi connectivity index (χ3n) is 5.44.